The molecule has 0 bridgehead atoms. The topological polar surface area (TPSA) is 50.1 Å². The molecule has 0 heterocycles. The second-order valence-corrected chi connectivity index (χ2v) is 4.26. The first-order valence-electron chi connectivity index (χ1n) is 5.59. The molecule has 0 atom stereocenters. The molecule has 19 heavy (non-hydrogen) atoms. The van der Waals surface area contributed by atoms with Gasteiger partial charge in [-0.05, 0) is 18.1 Å². The number of carbonyl (C=O) groups is 1. The largest absolute Gasteiger partial charge is 0.466 e. The van der Waals surface area contributed by atoms with Gasteiger partial charge in [-0.2, -0.15) is 5.26 Å². The zero-order valence-corrected chi connectivity index (χ0v) is 11.8. The number of ether oxygens (including phenoxy) is 1. The van der Waals surface area contributed by atoms with Crippen LogP contribution in [0, 0.1) is 11.3 Å². The predicted octanol–water partition coefficient (Wildman–Crippen LogP) is 3.50. The number of hydrogen-bond donors (Lipinski definition) is 0. The molecular weight excluding hydrogens is 320 g/mol. The van der Waals surface area contributed by atoms with Gasteiger partial charge in [0.05, 0.1) is 24.7 Å². The standard InChI is InChI=1S/C13H12BrF2NO2/c1-2-19-11(18)5-8-3-4-9(6-14)10(7-17)12(8)13(15)16/h3-4,13H,2,5-6H2,1H3. The van der Waals surface area contributed by atoms with Crippen molar-refractivity contribution in [2.75, 3.05) is 6.61 Å². The van der Waals surface area contributed by atoms with Gasteiger partial charge in [0.15, 0.2) is 0 Å². The van der Waals surface area contributed by atoms with Crippen LogP contribution in [-0.2, 0) is 21.3 Å². The van der Waals surface area contributed by atoms with E-state index < -0.39 is 12.4 Å². The molecule has 0 saturated carbocycles. The predicted molar refractivity (Wildman–Crippen MR) is 69.1 cm³/mol. The Kier molecular flexibility index (Phi) is 5.90. The van der Waals surface area contributed by atoms with Gasteiger partial charge in [0.2, 0.25) is 0 Å². The molecule has 1 aromatic rings. The lowest BCUT2D eigenvalue weighted by Gasteiger charge is -2.13. The summed E-state index contributed by atoms with van der Waals surface area (Å²) in [6.07, 6.45) is -3.07. The number of benzene rings is 1. The molecule has 0 N–H and O–H groups in total. The molecule has 1 aromatic carbocycles. The van der Waals surface area contributed by atoms with E-state index in [-0.39, 0.29) is 29.7 Å². The fourth-order valence-corrected chi connectivity index (χ4v) is 2.19. The molecule has 6 heteroatoms. The Balaban J connectivity index is 3.25. The number of rotatable bonds is 5. The molecule has 0 aliphatic heterocycles. The number of nitriles is 1. The number of hydrogen-bond acceptors (Lipinski definition) is 3. The van der Waals surface area contributed by atoms with Crippen LogP contribution in [0.5, 0.6) is 0 Å². The fourth-order valence-electron chi connectivity index (χ4n) is 1.72. The van der Waals surface area contributed by atoms with E-state index in [1.165, 1.54) is 6.07 Å². The van der Waals surface area contributed by atoms with Gasteiger partial charge in [0.1, 0.15) is 0 Å². The van der Waals surface area contributed by atoms with Crippen molar-refractivity contribution in [3.63, 3.8) is 0 Å². The number of halogens is 3. The summed E-state index contributed by atoms with van der Waals surface area (Å²) in [6, 6.07) is 4.78. The summed E-state index contributed by atoms with van der Waals surface area (Å²) in [4.78, 5) is 11.4. The maximum atomic E-state index is 13.1. The zero-order chi connectivity index (χ0) is 14.4. The summed E-state index contributed by atoms with van der Waals surface area (Å²) in [7, 11) is 0. The summed E-state index contributed by atoms with van der Waals surface area (Å²) in [5, 5.41) is 9.32. The van der Waals surface area contributed by atoms with Gasteiger partial charge in [0, 0.05) is 10.9 Å². The van der Waals surface area contributed by atoms with Crippen LogP contribution < -0.4 is 0 Å². The highest BCUT2D eigenvalue weighted by atomic mass is 79.9. The van der Waals surface area contributed by atoms with Crippen molar-refractivity contribution in [2.24, 2.45) is 0 Å². The molecule has 3 nitrogen and oxygen atoms in total. The van der Waals surface area contributed by atoms with Gasteiger partial charge in [-0.15, -0.1) is 0 Å². The lowest BCUT2D eigenvalue weighted by Crippen LogP contribution is -2.11. The van der Waals surface area contributed by atoms with Crippen molar-refractivity contribution in [3.05, 3.63) is 34.4 Å². The minimum absolute atomic E-state index is 0.0753. The number of carbonyl (C=O) groups excluding carboxylic acids is 1. The van der Waals surface area contributed by atoms with E-state index >= 15 is 0 Å². The van der Waals surface area contributed by atoms with Crippen molar-refractivity contribution in [1.29, 1.82) is 5.26 Å². The Morgan fingerprint density at radius 3 is 2.58 bits per heavy atom. The third kappa shape index (κ3) is 3.74. The van der Waals surface area contributed by atoms with Gasteiger partial charge >= 0.3 is 5.97 Å². The maximum absolute atomic E-state index is 13.1. The molecule has 0 unspecified atom stereocenters. The minimum Gasteiger partial charge on any atom is -0.466 e. The Morgan fingerprint density at radius 2 is 2.11 bits per heavy atom. The van der Waals surface area contributed by atoms with Crippen LogP contribution >= 0.6 is 15.9 Å². The number of nitrogens with zero attached hydrogens (tertiary/aromatic N) is 1. The monoisotopic (exact) mass is 331 g/mol. The lowest BCUT2D eigenvalue weighted by molar-refractivity contribution is -0.142. The third-order valence-electron chi connectivity index (χ3n) is 2.54. The molecule has 0 saturated heterocycles. The highest BCUT2D eigenvalue weighted by Crippen LogP contribution is 2.30. The first-order chi connectivity index (χ1) is 9.04. The quantitative estimate of drug-likeness (QED) is 0.613. The Bertz CT molecular complexity index is 512. The van der Waals surface area contributed by atoms with E-state index in [1.54, 1.807) is 19.1 Å². The maximum Gasteiger partial charge on any atom is 0.310 e. The van der Waals surface area contributed by atoms with E-state index in [4.69, 9.17) is 10.00 Å². The number of esters is 1. The SMILES string of the molecule is CCOC(=O)Cc1ccc(CBr)c(C#N)c1C(F)F. The molecule has 0 radical (unpaired) electrons. The Labute approximate surface area is 118 Å². The second kappa shape index (κ2) is 7.19. The van der Waals surface area contributed by atoms with E-state index in [0.29, 0.717) is 10.9 Å². The van der Waals surface area contributed by atoms with Crippen molar-refractivity contribution in [2.45, 2.75) is 25.1 Å². The summed E-state index contributed by atoms with van der Waals surface area (Å²) in [5.74, 6) is -0.583. The van der Waals surface area contributed by atoms with Gasteiger partial charge in [-0.3, -0.25) is 4.79 Å². The Hall–Kier alpha value is -1.48. The molecule has 0 amide bonds. The summed E-state index contributed by atoms with van der Waals surface area (Å²) in [5.41, 5.74) is 0.154. The van der Waals surface area contributed by atoms with Crippen LogP contribution in [0.15, 0.2) is 12.1 Å². The van der Waals surface area contributed by atoms with Crippen LogP contribution in [0.25, 0.3) is 0 Å². The molecule has 1 rings (SSSR count). The van der Waals surface area contributed by atoms with Crippen molar-refractivity contribution < 1.29 is 18.3 Å². The lowest BCUT2D eigenvalue weighted by atomic mass is 9.95. The van der Waals surface area contributed by atoms with Crippen LogP contribution in [-0.4, -0.2) is 12.6 Å². The zero-order valence-electron chi connectivity index (χ0n) is 10.3. The van der Waals surface area contributed by atoms with E-state index in [9.17, 15) is 13.6 Å². The smallest absolute Gasteiger partial charge is 0.310 e. The van der Waals surface area contributed by atoms with Crippen LogP contribution in [0.4, 0.5) is 8.78 Å². The third-order valence-corrected chi connectivity index (χ3v) is 3.14. The average Bonchev–Trinajstić information content (AvgIpc) is 2.37. The average molecular weight is 332 g/mol. The van der Waals surface area contributed by atoms with Gasteiger partial charge in [0.25, 0.3) is 6.43 Å². The van der Waals surface area contributed by atoms with Gasteiger partial charge < -0.3 is 4.74 Å². The second-order valence-electron chi connectivity index (χ2n) is 3.70. The molecule has 0 aromatic heterocycles. The highest BCUT2D eigenvalue weighted by molar-refractivity contribution is 9.08. The molecule has 0 spiro atoms. The first kappa shape index (κ1) is 15.6. The van der Waals surface area contributed by atoms with Crippen LogP contribution in [0.2, 0.25) is 0 Å². The summed E-state index contributed by atoms with van der Waals surface area (Å²) < 4.78 is 31.0. The molecule has 0 aliphatic rings. The van der Waals surface area contributed by atoms with Crippen LogP contribution in [0.1, 0.15) is 35.6 Å². The van der Waals surface area contributed by atoms with Crippen molar-refractivity contribution >= 4 is 21.9 Å². The molecule has 102 valence electrons. The van der Waals surface area contributed by atoms with Crippen molar-refractivity contribution in [1.82, 2.24) is 0 Å². The molecule has 0 aliphatic carbocycles. The van der Waals surface area contributed by atoms with Crippen molar-refractivity contribution in [3.8, 4) is 6.07 Å². The highest BCUT2D eigenvalue weighted by Gasteiger charge is 2.22. The molecular formula is C13H12BrF2NO2. The number of alkyl halides is 3. The first-order valence-corrected chi connectivity index (χ1v) is 6.71. The Morgan fingerprint density at radius 1 is 1.47 bits per heavy atom. The van der Waals surface area contributed by atoms with E-state index in [2.05, 4.69) is 15.9 Å². The summed E-state index contributed by atoms with van der Waals surface area (Å²) in [6.45, 7) is 1.83. The van der Waals surface area contributed by atoms with E-state index in [0.717, 1.165) is 0 Å². The van der Waals surface area contributed by atoms with Gasteiger partial charge in [-0.1, -0.05) is 28.1 Å². The van der Waals surface area contributed by atoms with Crippen LogP contribution in [0.3, 0.4) is 0 Å². The molecule has 0 fully saturated rings. The summed E-state index contributed by atoms with van der Waals surface area (Å²) >= 11 is 3.15. The minimum atomic E-state index is -2.81. The fraction of sp³-hybridized carbons (Fsp3) is 0.385. The van der Waals surface area contributed by atoms with Gasteiger partial charge in [-0.25, -0.2) is 8.78 Å². The normalized spacial score (nSPS) is 10.3. The van der Waals surface area contributed by atoms with E-state index in [1.807, 2.05) is 0 Å².